The van der Waals surface area contributed by atoms with Gasteiger partial charge in [0.1, 0.15) is 5.69 Å². The van der Waals surface area contributed by atoms with E-state index in [1.807, 2.05) is 25.1 Å². The molecular weight excluding hydrogens is 378 g/mol. The van der Waals surface area contributed by atoms with Crippen LogP contribution in [0.2, 0.25) is 0 Å². The summed E-state index contributed by atoms with van der Waals surface area (Å²) in [6.45, 7) is 2.64. The van der Waals surface area contributed by atoms with Gasteiger partial charge in [-0.05, 0) is 55.5 Å². The van der Waals surface area contributed by atoms with Crippen molar-refractivity contribution >= 4 is 23.0 Å². The number of benzene rings is 2. The van der Waals surface area contributed by atoms with Crippen LogP contribution in [0.25, 0.3) is 0 Å². The van der Waals surface area contributed by atoms with Crippen LogP contribution in [0, 0.1) is 23.0 Å². The third kappa shape index (κ3) is 6.31. The number of hydrogen-bond donors (Lipinski definition) is 2. The van der Waals surface area contributed by atoms with Crippen LogP contribution in [0.1, 0.15) is 67.3 Å². The van der Waals surface area contributed by atoms with Gasteiger partial charge in [0.05, 0.1) is 4.92 Å². The van der Waals surface area contributed by atoms with E-state index >= 15 is 0 Å². The molecule has 3 rings (SSSR count). The van der Waals surface area contributed by atoms with Crippen LogP contribution in [-0.2, 0) is 0 Å². The van der Waals surface area contributed by atoms with E-state index in [1.54, 1.807) is 18.2 Å². The minimum atomic E-state index is -0.433. The monoisotopic (exact) mass is 409 g/mol. The highest BCUT2D eigenvalue weighted by Gasteiger charge is 2.18. The largest absolute Gasteiger partial charge is 0.379 e. The maximum Gasteiger partial charge on any atom is 0.293 e. The van der Waals surface area contributed by atoms with Crippen molar-refractivity contribution in [2.24, 2.45) is 5.92 Å². The average Bonchev–Trinajstić information content (AvgIpc) is 3.00. The maximum atomic E-state index is 12.5. The van der Waals surface area contributed by atoms with E-state index in [2.05, 4.69) is 10.6 Å². The van der Waals surface area contributed by atoms with Crippen molar-refractivity contribution in [2.75, 3.05) is 17.2 Å². The molecule has 1 saturated carbocycles. The van der Waals surface area contributed by atoms with Crippen LogP contribution in [-0.4, -0.2) is 17.4 Å². The molecule has 0 bridgehead atoms. The predicted molar refractivity (Wildman–Crippen MR) is 121 cm³/mol. The van der Waals surface area contributed by atoms with Gasteiger partial charge in [-0.2, -0.15) is 0 Å². The van der Waals surface area contributed by atoms with E-state index in [-0.39, 0.29) is 17.2 Å². The lowest BCUT2D eigenvalue weighted by Gasteiger charge is -2.14. The van der Waals surface area contributed by atoms with Crippen molar-refractivity contribution in [1.29, 1.82) is 0 Å². The highest BCUT2D eigenvalue weighted by atomic mass is 16.6. The van der Waals surface area contributed by atoms with Crippen molar-refractivity contribution in [1.82, 2.24) is 0 Å². The van der Waals surface area contributed by atoms with Crippen molar-refractivity contribution in [2.45, 2.75) is 58.3 Å². The molecule has 1 aliphatic carbocycles. The zero-order chi connectivity index (χ0) is 21.3. The lowest BCUT2D eigenvalue weighted by atomic mass is 9.95. The van der Waals surface area contributed by atoms with Gasteiger partial charge in [0, 0.05) is 23.9 Å². The summed E-state index contributed by atoms with van der Waals surface area (Å²) in [5.74, 6) is 0.431. The van der Waals surface area contributed by atoms with Gasteiger partial charge < -0.3 is 10.6 Å². The number of nitro benzene ring substituents is 1. The molecule has 2 N–H and O–H groups in total. The maximum absolute atomic E-state index is 12.5. The normalized spacial score (nSPS) is 14.7. The number of nitrogens with one attached hydrogen (secondary N) is 2. The molecular formula is C24H31N3O3. The van der Waals surface area contributed by atoms with E-state index < -0.39 is 4.92 Å². The van der Waals surface area contributed by atoms with E-state index in [0.717, 1.165) is 24.3 Å². The minimum Gasteiger partial charge on any atom is -0.379 e. The fraction of sp³-hybridized carbons (Fsp3) is 0.458. The first-order valence-corrected chi connectivity index (χ1v) is 10.9. The zero-order valence-electron chi connectivity index (χ0n) is 17.7. The molecule has 30 heavy (non-hydrogen) atoms. The van der Waals surface area contributed by atoms with Crippen LogP contribution in [0.4, 0.5) is 17.1 Å². The second-order valence-corrected chi connectivity index (χ2v) is 8.24. The first kappa shape index (κ1) is 21.8. The number of carbonyl (C=O) groups is 1. The molecule has 0 spiro atoms. The van der Waals surface area contributed by atoms with Gasteiger partial charge in [-0.3, -0.25) is 14.9 Å². The lowest BCUT2D eigenvalue weighted by molar-refractivity contribution is -0.384. The molecule has 6 heteroatoms. The highest BCUT2D eigenvalue weighted by molar-refractivity contribution is 6.05. The van der Waals surface area contributed by atoms with Crippen LogP contribution in [0.3, 0.4) is 0 Å². The first-order valence-electron chi connectivity index (χ1n) is 10.9. The van der Waals surface area contributed by atoms with Gasteiger partial charge in [-0.1, -0.05) is 50.7 Å². The minimum absolute atomic E-state index is 0.0682. The summed E-state index contributed by atoms with van der Waals surface area (Å²) < 4.78 is 0. The molecule has 6 nitrogen and oxygen atoms in total. The number of nitrogens with zero attached hydrogens (tertiary/aromatic N) is 1. The number of amides is 1. The number of carbonyl (C=O) groups excluding carboxylic acids is 1. The molecule has 2 aromatic carbocycles. The van der Waals surface area contributed by atoms with Crippen molar-refractivity contribution in [3.05, 3.63) is 63.7 Å². The summed E-state index contributed by atoms with van der Waals surface area (Å²) in [4.78, 5) is 23.6. The number of anilines is 2. The molecule has 0 unspecified atom stereocenters. The summed E-state index contributed by atoms with van der Waals surface area (Å²) in [6.07, 6.45) is 10.1. The van der Waals surface area contributed by atoms with Gasteiger partial charge in [0.15, 0.2) is 0 Å². The van der Waals surface area contributed by atoms with E-state index in [9.17, 15) is 14.9 Å². The molecule has 0 radical (unpaired) electrons. The number of aryl methyl sites for hydroxylation is 1. The van der Waals surface area contributed by atoms with Crippen LogP contribution >= 0.6 is 0 Å². The molecule has 0 aromatic heterocycles. The van der Waals surface area contributed by atoms with Crippen LogP contribution < -0.4 is 10.6 Å². The first-order chi connectivity index (χ1) is 14.5. The zero-order valence-corrected chi connectivity index (χ0v) is 17.7. The molecule has 0 saturated heterocycles. The quantitative estimate of drug-likeness (QED) is 0.231. The molecule has 1 fully saturated rings. The third-order valence-electron chi connectivity index (χ3n) is 5.81. The number of hydrogen-bond acceptors (Lipinski definition) is 4. The van der Waals surface area contributed by atoms with E-state index in [4.69, 9.17) is 0 Å². The second kappa shape index (κ2) is 10.8. The van der Waals surface area contributed by atoms with Crippen LogP contribution in [0.5, 0.6) is 0 Å². The Labute approximate surface area is 178 Å². The lowest BCUT2D eigenvalue weighted by Crippen LogP contribution is -2.13. The Morgan fingerprint density at radius 2 is 1.87 bits per heavy atom. The van der Waals surface area contributed by atoms with Crippen LogP contribution in [0.15, 0.2) is 42.5 Å². The Hall–Kier alpha value is -2.89. The number of rotatable bonds is 8. The third-order valence-corrected chi connectivity index (χ3v) is 5.81. The summed E-state index contributed by atoms with van der Waals surface area (Å²) in [7, 11) is 0. The Kier molecular flexibility index (Phi) is 7.82. The summed E-state index contributed by atoms with van der Waals surface area (Å²) in [5, 5.41) is 17.5. The fourth-order valence-electron chi connectivity index (χ4n) is 4.17. The van der Waals surface area contributed by atoms with Gasteiger partial charge in [-0.25, -0.2) is 0 Å². The average molecular weight is 410 g/mol. The molecule has 0 heterocycles. The molecule has 1 aliphatic rings. The molecule has 0 atom stereocenters. The Morgan fingerprint density at radius 1 is 1.10 bits per heavy atom. The van der Waals surface area contributed by atoms with Gasteiger partial charge >= 0.3 is 0 Å². The van der Waals surface area contributed by atoms with Gasteiger partial charge in [0.25, 0.3) is 11.6 Å². The Balaban J connectivity index is 1.58. The topological polar surface area (TPSA) is 84.3 Å². The van der Waals surface area contributed by atoms with Crippen molar-refractivity contribution in [3.8, 4) is 0 Å². The molecule has 160 valence electrons. The number of nitro groups is 1. The van der Waals surface area contributed by atoms with Gasteiger partial charge in [-0.15, -0.1) is 0 Å². The molecule has 2 aromatic rings. The highest BCUT2D eigenvalue weighted by Crippen LogP contribution is 2.28. The van der Waals surface area contributed by atoms with E-state index in [1.165, 1.54) is 44.6 Å². The summed E-state index contributed by atoms with van der Waals surface area (Å²) in [5.41, 5.74) is 2.37. The Bertz CT molecular complexity index is 874. The molecule has 0 aliphatic heterocycles. The van der Waals surface area contributed by atoms with Gasteiger partial charge in [0.2, 0.25) is 0 Å². The standard InChI is InChI=1S/C24H31N3O3/c1-18-8-6-12-21(16-18)26-24(28)20-13-14-22(23(17-20)27(29)30)25-15-7-11-19-9-4-2-3-5-10-19/h6,8,12-14,16-17,19,25H,2-5,7,9-11,15H2,1H3,(H,26,28). The van der Waals surface area contributed by atoms with Crippen molar-refractivity contribution < 1.29 is 9.72 Å². The smallest absolute Gasteiger partial charge is 0.293 e. The fourth-order valence-corrected chi connectivity index (χ4v) is 4.17. The predicted octanol–water partition coefficient (Wildman–Crippen LogP) is 6.32. The second-order valence-electron chi connectivity index (χ2n) is 8.24. The summed E-state index contributed by atoms with van der Waals surface area (Å²) in [6, 6.07) is 12.1. The Morgan fingerprint density at radius 3 is 2.57 bits per heavy atom. The summed E-state index contributed by atoms with van der Waals surface area (Å²) >= 11 is 0. The van der Waals surface area contributed by atoms with Crippen molar-refractivity contribution in [3.63, 3.8) is 0 Å². The van der Waals surface area contributed by atoms with E-state index in [0.29, 0.717) is 17.9 Å². The molecule has 1 amide bonds. The SMILES string of the molecule is Cc1cccc(NC(=O)c2ccc(NCCCC3CCCCCC3)c([N+](=O)[O-])c2)c1.